The van der Waals surface area contributed by atoms with E-state index in [1.165, 1.54) is 0 Å². The Balaban J connectivity index is 2.57. The first-order valence-corrected chi connectivity index (χ1v) is 5.88. The van der Waals surface area contributed by atoms with Crippen LogP contribution in [-0.2, 0) is 10.8 Å². The van der Waals surface area contributed by atoms with E-state index in [9.17, 15) is 4.21 Å². The van der Waals surface area contributed by atoms with Gasteiger partial charge < -0.3 is 0 Å². The summed E-state index contributed by atoms with van der Waals surface area (Å²) < 4.78 is 11.7. The molecule has 60 valence electrons. The summed E-state index contributed by atoms with van der Waals surface area (Å²) in [5.74, 6) is 0. The molecule has 0 aromatic heterocycles. The second-order valence-corrected chi connectivity index (χ2v) is 7.14. The van der Waals surface area contributed by atoms with Gasteiger partial charge in [0.2, 0.25) is 0 Å². The maximum absolute atomic E-state index is 11.4. The molecule has 1 unspecified atom stereocenters. The van der Waals surface area contributed by atoms with Gasteiger partial charge in [0, 0.05) is 21.3 Å². The number of rotatable bonds is 0. The van der Waals surface area contributed by atoms with E-state index in [2.05, 4.69) is 20.8 Å². The third-order valence-electron chi connectivity index (χ3n) is 1.81. The van der Waals surface area contributed by atoms with Gasteiger partial charge in [-0.25, -0.2) is 0 Å². The second kappa shape index (κ2) is 3.26. The fraction of sp³-hybridized carbons (Fsp3) is 1.00. The Labute approximate surface area is 69.4 Å². The summed E-state index contributed by atoms with van der Waals surface area (Å²) in [6.45, 7) is 6.36. The van der Waals surface area contributed by atoms with Crippen LogP contribution >= 0.6 is 11.8 Å². The highest BCUT2D eigenvalue weighted by molar-refractivity contribution is 8.12. The first-order valence-electron chi connectivity index (χ1n) is 3.66. The lowest BCUT2D eigenvalue weighted by Crippen LogP contribution is -2.29. The van der Waals surface area contributed by atoms with Crippen molar-refractivity contribution in [3.05, 3.63) is 0 Å². The molecular weight excluding hydrogens is 164 g/mol. The lowest BCUT2D eigenvalue weighted by molar-refractivity contribution is 0.658. The van der Waals surface area contributed by atoms with Gasteiger partial charge in [-0.3, -0.25) is 4.21 Å². The minimum atomic E-state index is -0.587. The Morgan fingerprint density at radius 1 is 1.40 bits per heavy atom. The Bertz CT molecular complexity index is 133. The van der Waals surface area contributed by atoms with Crippen molar-refractivity contribution in [3.8, 4) is 0 Å². The van der Waals surface area contributed by atoms with Crippen LogP contribution in [0.4, 0.5) is 0 Å². The molecule has 1 aliphatic rings. The van der Waals surface area contributed by atoms with Crippen LogP contribution in [0.25, 0.3) is 0 Å². The Hall–Kier alpha value is 0.500. The topological polar surface area (TPSA) is 17.1 Å². The van der Waals surface area contributed by atoms with Crippen molar-refractivity contribution in [2.45, 2.75) is 42.3 Å². The van der Waals surface area contributed by atoms with Crippen molar-refractivity contribution in [1.29, 1.82) is 0 Å². The van der Waals surface area contributed by atoms with Crippen molar-refractivity contribution in [1.82, 2.24) is 0 Å². The van der Waals surface area contributed by atoms with Gasteiger partial charge in [0.25, 0.3) is 0 Å². The molecule has 3 heteroatoms. The summed E-state index contributed by atoms with van der Waals surface area (Å²) in [4.78, 5) is 0. The van der Waals surface area contributed by atoms with Crippen LogP contribution < -0.4 is 0 Å². The van der Waals surface area contributed by atoms with Crippen LogP contribution in [0.2, 0.25) is 0 Å². The van der Waals surface area contributed by atoms with Crippen LogP contribution in [0.1, 0.15) is 27.2 Å². The third kappa shape index (κ3) is 1.76. The minimum Gasteiger partial charge on any atom is -0.258 e. The molecule has 1 fully saturated rings. The van der Waals surface area contributed by atoms with Gasteiger partial charge in [-0.1, -0.05) is 13.8 Å². The van der Waals surface area contributed by atoms with E-state index in [0.717, 1.165) is 6.42 Å². The van der Waals surface area contributed by atoms with Crippen molar-refractivity contribution in [2.75, 3.05) is 0 Å². The average molecular weight is 178 g/mol. The molecule has 0 radical (unpaired) electrons. The first kappa shape index (κ1) is 8.60. The monoisotopic (exact) mass is 178 g/mol. The normalized spacial score (nSPS) is 49.1. The van der Waals surface area contributed by atoms with Crippen LogP contribution in [0.5, 0.6) is 0 Å². The summed E-state index contributed by atoms with van der Waals surface area (Å²) in [6, 6.07) is 0. The van der Waals surface area contributed by atoms with Gasteiger partial charge in [0.05, 0.1) is 4.58 Å². The third-order valence-corrected chi connectivity index (χ3v) is 5.39. The molecule has 0 aromatic rings. The molecule has 0 bridgehead atoms. The quantitative estimate of drug-likeness (QED) is 0.564. The van der Waals surface area contributed by atoms with E-state index in [4.69, 9.17) is 0 Å². The molecule has 0 saturated carbocycles. The lowest BCUT2D eigenvalue weighted by Gasteiger charge is -2.27. The zero-order chi connectivity index (χ0) is 7.72. The Morgan fingerprint density at radius 2 is 2.00 bits per heavy atom. The fourth-order valence-corrected chi connectivity index (χ4v) is 5.21. The first-order chi connectivity index (χ1) is 4.61. The van der Waals surface area contributed by atoms with Gasteiger partial charge in [-0.2, -0.15) is 0 Å². The molecular formula is C7H14OS2. The number of hydrogen-bond donors (Lipinski definition) is 0. The zero-order valence-electron chi connectivity index (χ0n) is 6.66. The molecule has 1 saturated heterocycles. The maximum atomic E-state index is 11.4. The van der Waals surface area contributed by atoms with E-state index in [1.54, 1.807) is 0 Å². The van der Waals surface area contributed by atoms with E-state index in [1.807, 2.05) is 11.8 Å². The van der Waals surface area contributed by atoms with E-state index < -0.39 is 10.8 Å². The van der Waals surface area contributed by atoms with Crippen LogP contribution in [0, 0.1) is 0 Å². The van der Waals surface area contributed by atoms with Gasteiger partial charge in [0.1, 0.15) is 0 Å². The average Bonchev–Trinajstić information content (AvgIpc) is 1.82. The van der Waals surface area contributed by atoms with Gasteiger partial charge in [-0.05, 0) is 13.3 Å². The number of thioether (sulfide) groups is 1. The van der Waals surface area contributed by atoms with Gasteiger partial charge in [0.15, 0.2) is 0 Å². The minimum absolute atomic E-state index is 0.346. The van der Waals surface area contributed by atoms with Crippen LogP contribution in [0.15, 0.2) is 0 Å². The summed E-state index contributed by atoms with van der Waals surface area (Å²) in [6.07, 6.45) is 1.11. The predicted octanol–water partition coefficient (Wildman–Crippen LogP) is 2.00. The molecule has 0 N–H and O–H groups in total. The molecule has 1 nitrogen and oxygen atoms in total. The maximum Gasteiger partial charge on any atom is 0.0778 e. The Kier molecular flexibility index (Phi) is 2.81. The summed E-state index contributed by atoms with van der Waals surface area (Å²) in [5, 5.41) is 1.11. The zero-order valence-corrected chi connectivity index (χ0v) is 8.30. The van der Waals surface area contributed by atoms with E-state index >= 15 is 0 Å². The predicted molar refractivity (Wildman–Crippen MR) is 48.7 cm³/mol. The molecule has 0 aliphatic carbocycles. The number of hydrogen-bond acceptors (Lipinski definition) is 2. The van der Waals surface area contributed by atoms with Gasteiger partial charge >= 0.3 is 0 Å². The Morgan fingerprint density at radius 3 is 2.50 bits per heavy atom. The molecule has 1 heterocycles. The smallest absolute Gasteiger partial charge is 0.0778 e. The fourth-order valence-electron chi connectivity index (χ4n) is 1.33. The summed E-state index contributed by atoms with van der Waals surface area (Å²) >= 11 is 1.85. The molecule has 10 heavy (non-hydrogen) atoms. The molecule has 0 amide bonds. The highest BCUT2D eigenvalue weighted by Gasteiger charge is 2.27. The molecule has 4 atom stereocenters. The van der Waals surface area contributed by atoms with Crippen molar-refractivity contribution in [3.63, 3.8) is 0 Å². The highest BCUT2D eigenvalue weighted by Crippen LogP contribution is 2.32. The van der Waals surface area contributed by atoms with Crippen molar-refractivity contribution >= 4 is 22.6 Å². The van der Waals surface area contributed by atoms with E-state index in [0.29, 0.717) is 15.1 Å². The van der Waals surface area contributed by atoms with Crippen LogP contribution in [0.3, 0.4) is 0 Å². The SMILES string of the molecule is C[C@@H]1C[C@H](C)S(=O)[C@H](C)S1. The lowest BCUT2D eigenvalue weighted by atomic mass is 10.3. The van der Waals surface area contributed by atoms with E-state index in [-0.39, 0.29) is 0 Å². The summed E-state index contributed by atoms with van der Waals surface area (Å²) in [5.41, 5.74) is 0. The van der Waals surface area contributed by atoms with Crippen LogP contribution in [-0.4, -0.2) is 19.3 Å². The van der Waals surface area contributed by atoms with Crippen molar-refractivity contribution < 1.29 is 4.21 Å². The largest absolute Gasteiger partial charge is 0.258 e. The van der Waals surface area contributed by atoms with Gasteiger partial charge in [-0.15, -0.1) is 11.8 Å². The summed E-state index contributed by atoms with van der Waals surface area (Å²) in [7, 11) is -0.587. The molecule has 0 spiro atoms. The van der Waals surface area contributed by atoms with Crippen molar-refractivity contribution in [2.24, 2.45) is 0 Å². The standard InChI is InChI=1S/C7H14OS2/c1-5-4-6(2)10(8)7(3)9-5/h5-7H,4H2,1-3H3/t5-,6+,7-,10?/m1/s1. The molecule has 1 rings (SSSR count). The second-order valence-electron chi connectivity index (χ2n) is 2.89. The highest BCUT2D eigenvalue weighted by atomic mass is 32.2. The molecule has 0 aromatic carbocycles. The molecule has 1 aliphatic heterocycles.